The highest BCUT2D eigenvalue weighted by Gasteiger charge is 2.35. The number of rotatable bonds is 3. The Labute approximate surface area is 152 Å². The Balaban J connectivity index is 1.93. The van der Waals surface area contributed by atoms with E-state index in [1.807, 2.05) is 0 Å². The van der Waals surface area contributed by atoms with Crippen molar-refractivity contribution in [2.75, 3.05) is 5.73 Å². The number of nitrogens with zero attached hydrogens (tertiary/aromatic N) is 3. The number of hydrogen-bond donors (Lipinski definition) is 2. The molecule has 0 aliphatic heterocycles. The molecule has 0 aromatic carbocycles. The van der Waals surface area contributed by atoms with E-state index in [4.69, 9.17) is 5.73 Å². The lowest BCUT2D eigenvalue weighted by molar-refractivity contribution is -0.141. The number of nitrogens with one attached hydrogen (secondary N) is 1. The van der Waals surface area contributed by atoms with Crippen molar-refractivity contribution < 1.29 is 26.3 Å². The Morgan fingerprint density at radius 3 is 2.41 bits per heavy atom. The molecule has 12 heteroatoms. The fourth-order valence-electron chi connectivity index (χ4n) is 2.35. The topological polar surface area (TPSA) is 80.5 Å². The van der Waals surface area contributed by atoms with Gasteiger partial charge in [0.05, 0.1) is 28.2 Å². The normalized spacial score (nSPS) is 13.9. The van der Waals surface area contributed by atoms with E-state index >= 15 is 0 Å². The molecule has 3 N–H and O–H groups in total. The number of aromatic amines is 1. The molecule has 3 rings (SSSR count). The van der Waals surface area contributed by atoms with Crippen LogP contribution in [0.25, 0.3) is 10.9 Å². The molecule has 3 aromatic heterocycles. The number of pyridine rings is 1. The predicted molar refractivity (Wildman–Crippen MR) is 86.8 cm³/mol. The molecular weight excluding hydrogens is 396 g/mol. The minimum atomic E-state index is -4.69. The predicted octanol–water partition coefficient (Wildman–Crippen LogP) is 4.83. The molecule has 0 spiro atoms. The van der Waals surface area contributed by atoms with Crippen molar-refractivity contribution in [3.8, 4) is 0 Å². The molecule has 0 amide bonds. The van der Waals surface area contributed by atoms with Crippen molar-refractivity contribution in [2.45, 2.75) is 29.7 Å². The summed E-state index contributed by atoms with van der Waals surface area (Å²) in [5.41, 5.74) is 3.77. The van der Waals surface area contributed by atoms with Crippen LogP contribution in [-0.4, -0.2) is 19.9 Å². The SMILES string of the molecule is CC(Sc1nc(N)cc(C(F)(F)F)n1)c1cc2c(C(F)(F)F)c[nH]c2cn1. The Kier molecular flexibility index (Phi) is 4.70. The van der Waals surface area contributed by atoms with Gasteiger partial charge in [0.2, 0.25) is 0 Å². The molecule has 0 bridgehead atoms. The van der Waals surface area contributed by atoms with Gasteiger partial charge in [-0.15, -0.1) is 0 Å². The molecule has 0 aliphatic carbocycles. The average Bonchev–Trinajstić information content (AvgIpc) is 2.96. The Morgan fingerprint density at radius 2 is 1.78 bits per heavy atom. The fraction of sp³-hybridized carbons (Fsp3) is 0.267. The van der Waals surface area contributed by atoms with Crippen LogP contribution in [0.2, 0.25) is 0 Å². The largest absolute Gasteiger partial charge is 0.433 e. The maximum absolute atomic E-state index is 13.0. The number of halogens is 6. The highest BCUT2D eigenvalue weighted by Crippen LogP contribution is 2.38. The Bertz CT molecular complexity index is 981. The van der Waals surface area contributed by atoms with Crippen LogP contribution >= 0.6 is 11.8 Å². The summed E-state index contributed by atoms with van der Waals surface area (Å²) in [6, 6.07) is 1.84. The van der Waals surface area contributed by atoms with E-state index in [-0.39, 0.29) is 27.6 Å². The number of hydrogen-bond acceptors (Lipinski definition) is 5. The molecular formula is C15H11F6N5S. The van der Waals surface area contributed by atoms with Crippen LogP contribution < -0.4 is 5.73 Å². The van der Waals surface area contributed by atoms with Gasteiger partial charge in [-0.05, 0) is 13.0 Å². The molecule has 5 nitrogen and oxygen atoms in total. The van der Waals surface area contributed by atoms with Gasteiger partial charge in [-0.2, -0.15) is 26.3 Å². The molecule has 1 atom stereocenters. The third kappa shape index (κ3) is 4.10. The first kappa shape index (κ1) is 19.3. The maximum atomic E-state index is 13.0. The van der Waals surface area contributed by atoms with E-state index in [0.29, 0.717) is 6.07 Å². The number of nitrogen functional groups attached to an aromatic ring is 1. The standard InChI is InChI=1S/C15H11F6N5S/c1-6(27-13-25-11(15(19,20)21)3-12(22)26-13)9-2-7-8(14(16,17)18)4-23-10(7)5-24-9/h2-6,23H,1H3,(H2,22,25,26). The minimum Gasteiger partial charge on any atom is -0.384 e. The molecule has 0 saturated heterocycles. The average molecular weight is 407 g/mol. The number of nitrogens with two attached hydrogens (primary N) is 1. The van der Waals surface area contributed by atoms with Gasteiger partial charge >= 0.3 is 12.4 Å². The van der Waals surface area contributed by atoms with E-state index in [1.165, 1.54) is 12.3 Å². The summed E-state index contributed by atoms with van der Waals surface area (Å²) in [5, 5.41) is -0.945. The lowest BCUT2D eigenvalue weighted by Gasteiger charge is -2.12. The lowest BCUT2D eigenvalue weighted by Crippen LogP contribution is -2.11. The van der Waals surface area contributed by atoms with Crippen molar-refractivity contribution in [2.24, 2.45) is 0 Å². The summed E-state index contributed by atoms with van der Waals surface area (Å²) in [4.78, 5) is 13.7. The van der Waals surface area contributed by atoms with Gasteiger partial charge < -0.3 is 10.7 Å². The van der Waals surface area contributed by atoms with Crippen LogP contribution in [0.1, 0.15) is 29.1 Å². The second-order valence-corrected chi connectivity index (χ2v) is 6.88. The molecule has 0 fully saturated rings. The zero-order chi connectivity index (χ0) is 20.0. The van der Waals surface area contributed by atoms with E-state index in [0.717, 1.165) is 18.0 Å². The van der Waals surface area contributed by atoms with Crippen LogP contribution in [0.5, 0.6) is 0 Å². The molecule has 0 radical (unpaired) electrons. The van der Waals surface area contributed by atoms with Gasteiger partial charge in [-0.25, -0.2) is 9.97 Å². The summed E-state index contributed by atoms with van der Waals surface area (Å²) >= 11 is 0.809. The molecule has 3 heterocycles. The number of anilines is 1. The van der Waals surface area contributed by atoms with E-state index in [2.05, 4.69) is 19.9 Å². The smallest absolute Gasteiger partial charge is 0.384 e. The number of aromatic nitrogens is 4. The molecule has 0 saturated carbocycles. The number of H-pyrrole nitrogens is 1. The summed E-state index contributed by atoms with van der Waals surface area (Å²) < 4.78 is 77.6. The first-order valence-corrected chi connectivity index (χ1v) is 8.26. The quantitative estimate of drug-likeness (QED) is 0.369. The molecule has 3 aromatic rings. The van der Waals surface area contributed by atoms with Gasteiger partial charge in [0, 0.05) is 17.6 Å². The highest BCUT2D eigenvalue weighted by atomic mass is 32.2. The number of alkyl halides is 6. The molecule has 27 heavy (non-hydrogen) atoms. The highest BCUT2D eigenvalue weighted by molar-refractivity contribution is 7.99. The van der Waals surface area contributed by atoms with Crippen molar-refractivity contribution >= 4 is 28.5 Å². The first-order chi connectivity index (χ1) is 12.4. The van der Waals surface area contributed by atoms with Gasteiger partial charge in [0.25, 0.3) is 0 Å². The molecule has 1 unspecified atom stereocenters. The third-order valence-electron chi connectivity index (χ3n) is 3.61. The van der Waals surface area contributed by atoms with Crippen molar-refractivity contribution in [1.29, 1.82) is 0 Å². The van der Waals surface area contributed by atoms with E-state index in [9.17, 15) is 26.3 Å². The Morgan fingerprint density at radius 1 is 1.07 bits per heavy atom. The van der Waals surface area contributed by atoms with E-state index < -0.39 is 28.9 Å². The monoisotopic (exact) mass is 407 g/mol. The van der Waals surface area contributed by atoms with Crippen LogP contribution in [0.4, 0.5) is 32.2 Å². The summed E-state index contributed by atoms with van der Waals surface area (Å²) in [6.07, 6.45) is -7.17. The molecule has 0 aliphatic rings. The second-order valence-electron chi connectivity index (χ2n) is 5.57. The number of thioether (sulfide) groups is 1. The van der Waals surface area contributed by atoms with Gasteiger partial charge in [0.1, 0.15) is 5.82 Å². The zero-order valence-corrected chi connectivity index (χ0v) is 14.3. The molecule has 144 valence electrons. The van der Waals surface area contributed by atoms with Crippen molar-refractivity contribution in [3.63, 3.8) is 0 Å². The van der Waals surface area contributed by atoms with Crippen molar-refractivity contribution in [3.05, 3.63) is 41.5 Å². The summed E-state index contributed by atoms with van der Waals surface area (Å²) in [5.74, 6) is -0.361. The fourth-order valence-corrected chi connectivity index (χ4v) is 3.23. The lowest BCUT2D eigenvalue weighted by atomic mass is 10.1. The van der Waals surface area contributed by atoms with Crippen LogP contribution in [0, 0.1) is 0 Å². The first-order valence-electron chi connectivity index (χ1n) is 7.38. The van der Waals surface area contributed by atoms with E-state index in [1.54, 1.807) is 6.92 Å². The second kappa shape index (κ2) is 6.59. The maximum Gasteiger partial charge on any atom is 0.433 e. The number of fused-ring (bicyclic) bond motifs is 1. The summed E-state index contributed by atoms with van der Waals surface area (Å²) in [6.45, 7) is 1.57. The van der Waals surface area contributed by atoms with Gasteiger partial charge in [-0.1, -0.05) is 11.8 Å². The van der Waals surface area contributed by atoms with Crippen LogP contribution in [-0.2, 0) is 12.4 Å². The zero-order valence-electron chi connectivity index (χ0n) is 13.5. The summed E-state index contributed by atoms with van der Waals surface area (Å²) in [7, 11) is 0. The Hall–Kier alpha value is -2.50. The third-order valence-corrected chi connectivity index (χ3v) is 4.60. The van der Waals surface area contributed by atoms with Crippen molar-refractivity contribution in [1.82, 2.24) is 19.9 Å². The van der Waals surface area contributed by atoms with Crippen LogP contribution in [0.3, 0.4) is 0 Å². The van der Waals surface area contributed by atoms with Gasteiger partial charge in [0.15, 0.2) is 10.9 Å². The van der Waals surface area contributed by atoms with Gasteiger partial charge in [-0.3, -0.25) is 4.98 Å². The minimum absolute atomic E-state index is 0.0792. The van der Waals surface area contributed by atoms with Crippen LogP contribution in [0.15, 0.2) is 29.7 Å².